The van der Waals surface area contributed by atoms with Gasteiger partial charge in [-0.1, -0.05) is 62.4 Å². The summed E-state index contributed by atoms with van der Waals surface area (Å²) in [5.74, 6) is 0.844. The molecule has 0 saturated carbocycles. The van der Waals surface area contributed by atoms with Crippen LogP contribution in [-0.2, 0) is 4.79 Å². The standard InChI is InChI=1S/C19H23NOS/c1-15(16-10-6-4-7-11-16)20-18(21)19(2,3)14-22-17-12-8-5-9-13-17/h4-13,15H,14H2,1-3H3,(H,20,21)/t15-/m1/s1. The van der Waals surface area contributed by atoms with Crippen LogP contribution < -0.4 is 5.32 Å². The lowest BCUT2D eigenvalue weighted by molar-refractivity contribution is -0.128. The Labute approximate surface area is 137 Å². The zero-order valence-electron chi connectivity index (χ0n) is 13.4. The molecule has 0 aliphatic carbocycles. The van der Waals surface area contributed by atoms with Gasteiger partial charge in [0.25, 0.3) is 0 Å². The van der Waals surface area contributed by atoms with Crippen molar-refractivity contribution in [3.05, 3.63) is 66.2 Å². The van der Waals surface area contributed by atoms with Crippen LogP contribution in [0.4, 0.5) is 0 Å². The Kier molecular flexibility index (Phi) is 5.67. The van der Waals surface area contributed by atoms with Crippen molar-refractivity contribution in [3.8, 4) is 0 Å². The van der Waals surface area contributed by atoms with E-state index in [1.165, 1.54) is 4.90 Å². The quantitative estimate of drug-likeness (QED) is 0.784. The van der Waals surface area contributed by atoms with Gasteiger partial charge in [0.1, 0.15) is 0 Å². The van der Waals surface area contributed by atoms with E-state index in [2.05, 4.69) is 17.4 Å². The Bertz CT molecular complexity index is 595. The lowest BCUT2D eigenvalue weighted by atomic mass is 9.94. The van der Waals surface area contributed by atoms with Gasteiger partial charge in [-0.05, 0) is 24.6 Å². The molecule has 2 aromatic carbocycles. The number of benzene rings is 2. The Balaban J connectivity index is 1.92. The highest BCUT2D eigenvalue weighted by atomic mass is 32.2. The molecule has 1 amide bonds. The number of carbonyl (C=O) groups is 1. The third-order valence-electron chi connectivity index (χ3n) is 3.60. The second kappa shape index (κ2) is 7.50. The van der Waals surface area contributed by atoms with Gasteiger partial charge in [-0.15, -0.1) is 11.8 Å². The van der Waals surface area contributed by atoms with Gasteiger partial charge in [0.2, 0.25) is 5.91 Å². The first-order valence-electron chi connectivity index (χ1n) is 7.53. The number of thioether (sulfide) groups is 1. The van der Waals surface area contributed by atoms with Gasteiger partial charge in [0.05, 0.1) is 11.5 Å². The van der Waals surface area contributed by atoms with E-state index in [1.807, 2.05) is 69.3 Å². The molecule has 2 nitrogen and oxygen atoms in total. The molecule has 116 valence electrons. The van der Waals surface area contributed by atoms with Gasteiger partial charge in [0.15, 0.2) is 0 Å². The summed E-state index contributed by atoms with van der Waals surface area (Å²) in [5, 5.41) is 3.12. The molecule has 1 N–H and O–H groups in total. The number of hydrogen-bond acceptors (Lipinski definition) is 2. The van der Waals surface area contributed by atoms with Crippen LogP contribution in [0, 0.1) is 5.41 Å². The van der Waals surface area contributed by atoms with Crippen LogP contribution in [0.3, 0.4) is 0 Å². The molecule has 2 rings (SSSR count). The molecule has 0 bridgehead atoms. The van der Waals surface area contributed by atoms with E-state index in [4.69, 9.17) is 0 Å². The monoisotopic (exact) mass is 313 g/mol. The predicted octanol–water partition coefficient (Wildman–Crippen LogP) is 4.68. The van der Waals surface area contributed by atoms with Crippen LogP contribution in [-0.4, -0.2) is 11.7 Å². The fraction of sp³-hybridized carbons (Fsp3) is 0.316. The van der Waals surface area contributed by atoms with Gasteiger partial charge >= 0.3 is 0 Å². The highest BCUT2D eigenvalue weighted by Crippen LogP contribution is 2.28. The summed E-state index contributed by atoms with van der Waals surface area (Å²) in [6, 6.07) is 20.3. The first-order chi connectivity index (χ1) is 10.5. The van der Waals surface area contributed by atoms with Gasteiger partial charge < -0.3 is 5.32 Å². The summed E-state index contributed by atoms with van der Waals surface area (Å²) in [4.78, 5) is 13.7. The largest absolute Gasteiger partial charge is 0.349 e. The van der Waals surface area contributed by atoms with Crippen LogP contribution >= 0.6 is 11.8 Å². The molecule has 0 aliphatic heterocycles. The summed E-state index contributed by atoms with van der Waals surface area (Å²) in [6.45, 7) is 6.01. The molecule has 1 atom stereocenters. The molecule has 0 unspecified atom stereocenters. The number of rotatable bonds is 6. The minimum atomic E-state index is -0.413. The summed E-state index contributed by atoms with van der Waals surface area (Å²) in [6.07, 6.45) is 0. The van der Waals surface area contributed by atoms with E-state index in [1.54, 1.807) is 11.8 Å². The lowest BCUT2D eigenvalue weighted by Crippen LogP contribution is -2.39. The second-order valence-corrected chi connectivity index (χ2v) is 7.14. The maximum absolute atomic E-state index is 12.5. The maximum Gasteiger partial charge on any atom is 0.226 e. The van der Waals surface area contributed by atoms with Crippen molar-refractivity contribution in [1.82, 2.24) is 5.32 Å². The molecule has 0 heterocycles. The minimum Gasteiger partial charge on any atom is -0.349 e. The molecule has 0 spiro atoms. The van der Waals surface area contributed by atoms with Gasteiger partial charge in [-0.3, -0.25) is 4.79 Å². The molecule has 0 fully saturated rings. The predicted molar refractivity (Wildman–Crippen MR) is 93.9 cm³/mol. The number of carbonyl (C=O) groups excluding carboxylic acids is 1. The van der Waals surface area contributed by atoms with Crippen molar-refractivity contribution < 1.29 is 4.79 Å². The summed E-state index contributed by atoms with van der Waals surface area (Å²) in [7, 11) is 0. The molecule has 0 aromatic heterocycles. The first-order valence-corrected chi connectivity index (χ1v) is 8.51. The molecule has 0 saturated heterocycles. The Morgan fingerprint density at radius 1 is 1.05 bits per heavy atom. The zero-order valence-corrected chi connectivity index (χ0v) is 14.2. The molecule has 2 aromatic rings. The number of hydrogen-bond donors (Lipinski definition) is 1. The van der Waals surface area contributed by atoms with Crippen molar-refractivity contribution in [1.29, 1.82) is 0 Å². The van der Waals surface area contributed by atoms with Gasteiger partial charge in [-0.25, -0.2) is 0 Å². The van der Waals surface area contributed by atoms with E-state index in [-0.39, 0.29) is 11.9 Å². The number of nitrogens with one attached hydrogen (secondary N) is 1. The van der Waals surface area contributed by atoms with Crippen LogP contribution in [0.2, 0.25) is 0 Å². The Morgan fingerprint density at radius 3 is 2.18 bits per heavy atom. The van der Waals surface area contributed by atoms with Crippen molar-refractivity contribution in [2.75, 3.05) is 5.75 Å². The maximum atomic E-state index is 12.5. The van der Waals surface area contributed by atoms with Crippen LogP contribution in [0.15, 0.2) is 65.6 Å². The molecule has 3 heteroatoms. The third kappa shape index (κ3) is 4.63. The summed E-state index contributed by atoms with van der Waals surface area (Å²) < 4.78 is 0. The van der Waals surface area contributed by atoms with E-state index in [9.17, 15) is 4.79 Å². The summed E-state index contributed by atoms with van der Waals surface area (Å²) in [5.41, 5.74) is 0.714. The smallest absolute Gasteiger partial charge is 0.226 e. The molecule has 0 radical (unpaired) electrons. The van der Waals surface area contributed by atoms with E-state index in [0.29, 0.717) is 0 Å². The SMILES string of the molecule is C[C@@H](NC(=O)C(C)(C)CSc1ccccc1)c1ccccc1. The third-order valence-corrected chi connectivity index (χ3v) is 5.08. The molecular weight excluding hydrogens is 290 g/mol. The minimum absolute atomic E-state index is 0.0229. The zero-order chi connectivity index (χ0) is 16.0. The topological polar surface area (TPSA) is 29.1 Å². The van der Waals surface area contributed by atoms with Gasteiger partial charge in [-0.2, -0.15) is 0 Å². The lowest BCUT2D eigenvalue weighted by Gasteiger charge is -2.26. The second-order valence-electron chi connectivity index (χ2n) is 6.09. The van der Waals surface area contributed by atoms with E-state index >= 15 is 0 Å². The molecular formula is C19H23NOS. The van der Waals surface area contributed by atoms with Gasteiger partial charge in [0, 0.05) is 10.6 Å². The Morgan fingerprint density at radius 2 is 1.59 bits per heavy atom. The van der Waals surface area contributed by atoms with Crippen molar-refractivity contribution in [2.24, 2.45) is 5.41 Å². The fourth-order valence-corrected chi connectivity index (χ4v) is 3.07. The van der Waals surface area contributed by atoms with Crippen molar-refractivity contribution in [3.63, 3.8) is 0 Å². The highest BCUT2D eigenvalue weighted by Gasteiger charge is 2.28. The van der Waals surface area contributed by atoms with Crippen molar-refractivity contribution in [2.45, 2.75) is 31.7 Å². The fourth-order valence-electron chi connectivity index (χ4n) is 2.06. The average Bonchev–Trinajstić information content (AvgIpc) is 2.54. The normalized spacial score (nSPS) is 12.7. The summed E-state index contributed by atoms with van der Waals surface area (Å²) >= 11 is 1.72. The number of amides is 1. The van der Waals surface area contributed by atoms with Crippen LogP contribution in [0.5, 0.6) is 0 Å². The van der Waals surface area contributed by atoms with Crippen molar-refractivity contribution >= 4 is 17.7 Å². The molecule has 22 heavy (non-hydrogen) atoms. The van der Waals surface area contributed by atoms with Crippen LogP contribution in [0.1, 0.15) is 32.4 Å². The highest BCUT2D eigenvalue weighted by molar-refractivity contribution is 7.99. The van der Waals surface area contributed by atoms with E-state index < -0.39 is 5.41 Å². The Hall–Kier alpha value is -1.74. The molecule has 0 aliphatic rings. The van der Waals surface area contributed by atoms with Crippen LogP contribution in [0.25, 0.3) is 0 Å². The average molecular weight is 313 g/mol. The van der Waals surface area contributed by atoms with E-state index in [0.717, 1.165) is 11.3 Å². The first kappa shape index (κ1) is 16.6.